The Bertz CT molecular complexity index is 1430. The first-order valence-corrected chi connectivity index (χ1v) is 11.9. The molecule has 0 unspecified atom stereocenters. The zero-order chi connectivity index (χ0) is 26.5. The maximum Gasteiger partial charge on any atom is 0.405 e. The van der Waals surface area contributed by atoms with Crippen molar-refractivity contribution in [1.82, 2.24) is 14.9 Å². The van der Waals surface area contributed by atoms with Crippen LogP contribution in [0.1, 0.15) is 30.0 Å². The molecule has 2 aliphatic rings. The number of pyridine rings is 2. The Morgan fingerprint density at radius 1 is 1.27 bits per heavy atom. The minimum absolute atomic E-state index is 0.0735. The third kappa shape index (κ3) is 5.00. The number of nitrogens with zero attached hydrogens (tertiary/aromatic N) is 3. The predicted molar refractivity (Wildman–Crippen MR) is 131 cm³/mol. The third-order valence-corrected chi connectivity index (χ3v) is 7.09. The lowest BCUT2D eigenvalue weighted by atomic mass is 9.95. The molecule has 1 saturated heterocycles. The van der Waals surface area contributed by atoms with Gasteiger partial charge in [-0.05, 0) is 54.7 Å². The topological polar surface area (TPSA) is 81.3 Å². The van der Waals surface area contributed by atoms with Gasteiger partial charge in [0.25, 0.3) is 0 Å². The van der Waals surface area contributed by atoms with E-state index < -0.39 is 24.6 Å². The number of halogens is 5. The van der Waals surface area contributed by atoms with Crippen molar-refractivity contribution in [1.29, 1.82) is 0 Å². The Balaban J connectivity index is 1.37. The summed E-state index contributed by atoms with van der Waals surface area (Å²) in [5.74, 6) is -0.766. The van der Waals surface area contributed by atoms with E-state index in [0.717, 1.165) is 34.9 Å². The Labute approximate surface area is 214 Å². The molecule has 2 N–H and O–H groups in total. The van der Waals surface area contributed by atoms with E-state index in [1.807, 2.05) is 0 Å². The smallest absolute Gasteiger partial charge is 0.366 e. The monoisotopic (exact) mass is 535 g/mol. The summed E-state index contributed by atoms with van der Waals surface area (Å²) in [5, 5.41) is 2.67. The molecule has 1 aromatic carbocycles. The summed E-state index contributed by atoms with van der Waals surface area (Å²) >= 11 is 6.40. The number of hydrogen-bond acceptors (Lipinski definition) is 4. The van der Waals surface area contributed by atoms with Gasteiger partial charge in [0.2, 0.25) is 5.56 Å². The number of benzene rings is 1. The average molecular weight is 536 g/mol. The number of nitrogens with one attached hydrogen (secondary N) is 2. The van der Waals surface area contributed by atoms with Gasteiger partial charge in [-0.2, -0.15) is 13.2 Å². The van der Waals surface area contributed by atoms with Crippen molar-refractivity contribution in [3.8, 4) is 11.3 Å². The van der Waals surface area contributed by atoms with Crippen LogP contribution in [0.4, 0.5) is 33.7 Å². The van der Waals surface area contributed by atoms with Crippen molar-refractivity contribution < 1.29 is 22.4 Å². The fourth-order valence-electron chi connectivity index (χ4n) is 5.14. The Morgan fingerprint density at radius 2 is 2.05 bits per heavy atom. The number of fused-ring (bicyclic) bond motifs is 4. The Kier molecular flexibility index (Phi) is 6.35. The molecule has 3 aromatic rings. The average Bonchev–Trinajstić information content (AvgIpc) is 3.15. The standard InChI is InChI=1S/C25H22ClF4N5O2/c1-34(12-25(28,29)30)14-4-5-31-20(8-14)16-9-19(27)21(10-18(16)26)33-24(37)35-15-2-3-22(35)17-11-32-23(36)7-13(17)6-15/h4-5,7-11,15,22H,2-3,6,12H2,1H3,(H,32,36)(H,33,37)/t15-,22+/m0/s1. The quantitative estimate of drug-likeness (QED) is 0.431. The second-order valence-corrected chi connectivity index (χ2v) is 9.66. The van der Waals surface area contributed by atoms with E-state index >= 15 is 4.39 Å². The maximum atomic E-state index is 15.1. The van der Waals surface area contributed by atoms with E-state index in [1.165, 1.54) is 31.4 Å². The van der Waals surface area contributed by atoms with E-state index in [-0.39, 0.29) is 45.3 Å². The van der Waals surface area contributed by atoms with Crippen LogP contribution in [0.3, 0.4) is 0 Å². The van der Waals surface area contributed by atoms with Gasteiger partial charge in [-0.15, -0.1) is 0 Å². The molecule has 0 saturated carbocycles. The van der Waals surface area contributed by atoms with Crippen LogP contribution < -0.4 is 15.8 Å². The molecule has 2 amide bonds. The normalized spacial score (nSPS) is 18.5. The van der Waals surface area contributed by atoms with Gasteiger partial charge in [0.15, 0.2) is 0 Å². The van der Waals surface area contributed by atoms with Gasteiger partial charge in [0.05, 0.1) is 22.4 Å². The first-order chi connectivity index (χ1) is 17.5. The molecule has 2 aromatic heterocycles. The number of H-pyrrole nitrogens is 1. The van der Waals surface area contributed by atoms with Crippen LogP contribution in [0.2, 0.25) is 5.02 Å². The molecule has 0 spiro atoms. The van der Waals surface area contributed by atoms with Crippen molar-refractivity contribution >= 4 is 29.0 Å². The van der Waals surface area contributed by atoms with Gasteiger partial charge in [-0.25, -0.2) is 9.18 Å². The first-order valence-electron chi connectivity index (χ1n) is 11.5. The van der Waals surface area contributed by atoms with Crippen molar-refractivity contribution in [2.75, 3.05) is 23.8 Å². The van der Waals surface area contributed by atoms with Gasteiger partial charge in [0, 0.05) is 42.8 Å². The number of carbonyl (C=O) groups is 1. The van der Waals surface area contributed by atoms with Gasteiger partial charge >= 0.3 is 12.2 Å². The number of aromatic amines is 1. The fraction of sp³-hybridized carbons (Fsp3) is 0.320. The number of aromatic nitrogens is 2. The summed E-state index contributed by atoms with van der Waals surface area (Å²) in [7, 11) is 1.29. The molecule has 1 fully saturated rings. The van der Waals surface area contributed by atoms with Crippen LogP contribution in [0, 0.1) is 5.82 Å². The minimum atomic E-state index is -4.39. The van der Waals surface area contributed by atoms with E-state index in [0.29, 0.717) is 6.42 Å². The van der Waals surface area contributed by atoms with E-state index in [9.17, 15) is 22.8 Å². The van der Waals surface area contributed by atoms with E-state index in [1.54, 1.807) is 17.2 Å². The second kappa shape index (κ2) is 9.37. The summed E-state index contributed by atoms with van der Waals surface area (Å²) in [4.78, 5) is 34.3. The highest BCUT2D eigenvalue weighted by atomic mass is 35.5. The summed E-state index contributed by atoms with van der Waals surface area (Å²) in [6, 6.07) is 5.88. The number of rotatable bonds is 4. The summed E-state index contributed by atoms with van der Waals surface area (Å²) < 4.78 is 53.4. The molecule has 37 heavy (non-hydrogen) atoms. The lowest BCUT2D eigenvalue weighted by Gasteiger charge is -2.36. The van der Waals surface area contributed by atoms with Crippen LogP contribution in [0.15, 0.2) is 47.5 Å². The van der Waals surface area contributed by atoms with Gasteiger partial charge in [0.1, 0.15) is 12.4 Å². The zero-order valence-electron chi connectivity index (χ0n) is 19.6. The molecule has 7 nitrogen and oxygen atoms in total. The first kappa shape index (κ1) is 25.1. The fourth-order valence-corrected chi connectivity index (χ4v) is 5.41. The minimum Gasteiger partial charge on any atom is -0.366 e. The SMILES string of the molecule is CN(CC(F)(F)F)c1ccnc(-c2cc(F)c(NC(=O)N3[C@H]4CC[C@@H]3c3c[nH]c(=O)cc3C4)cc2Cl)c1. The zero-order valence-corrected chi connectivity index (χ0v) is 20.3. The number of alkyl halides is 3. The molecule has 0 radical (unpaired) electrons. The van der Waals surface area contributed by atoms with Crippen LogP contribution in [-0.2, 0) is 6.42 Å². The highest BCUT2D eigenvalue weighted by molar-refractivity contribution is 6.33. The number of carbonyl (C=O) groups excluding carboxylic acids is 1. The molecule has 4 heterocycles. The number of anilines is 2. The lowest BCUT2D eigenvalue weighted by Crippen LogP contribution is -2.44. The van der Waals surface area contributed by atoms with Crippen LogP contribution in [0.5, 0.6) is 0 Å². The third-order valence-electron chi connectivity index (χ3n) is 6.77. The van der Waals surface area contributed by atoms with Crippen LogP contribution in [0.25, 0.3) is 11.3 Å². The van der Waals surface area contributed by atoms with Crippen molar-refractivity contribution in [2.45, 2.75) is 37.5 Å². The van der Waals surface area contributed by atoms with Crippen LogP contribution in [-0.4, -0.2) is 46.7 Å². The predicted octanol–water partition coefficient (Wildman–Crippen LogP) is 5.52. The molecular formula is C25H22ClF4N5O2. The van der Waals surface area contributed by atoms with E-state index in [2.05, 4.69) is 15.3 Å². The molecule has 2 atom stereocenters. The number of urea groups is 1. The Hall–Kier alpha value is -3.60. The largest absolute Gasteiger partial charge is 0.405 e. The summed E-state index contributed by atoms with van der Waals surface area (Å²) in [5.41, 5.74) is 2.06. The van der Waals surface area contributed by atoms with Crippen molar-refractivity contribution in [3.05, 3.63) is 75.0 Å². The molecule has 12 heteroatoms. The summed E-state index contributed by atoms with van der Waals surface area (Å²) in [6.45, 7) is -1.16. The van der Waals surface area contributed by atoms with Crippen molar-refractivity contribution in [3.63, 3.8) is 0 Å². The highest BCUT2D eigenvalue weighted by Crippen LogP contribution is 2.43. The molecule has 5 rings (SSSR count). The highest BCUT2D eigenvalue weighted by Gasteiger charge is 2.43. The van der Waals surface area contributed by atoms with Crippen molar-refractivity contribution in [2.24, 2.45) is 0 Å². The molecule has 2 aliphatic heterocycles. The van der Waals surface area contributed by atoms with Crippen LogP contribution >= 0.6 is 11.6 Å². The molecule has 2 bridgehead atoms. The maximum absolute atomic E-state index is 15.1. The Morgan fingerprint density at radius 3 is 2.81 bits per heavy atom. The lowest BCUT2D eigenvalue weighted by molar-refractivity contribution is -0.119. The summed E-state index contributed by atoms with van der Waals surface area (Å²) in [6.07, 6.45) is 0.575. The van der Waals surface area contributed by atoms with Gasteiger partial charge < -0.3 is 20.1 Å². The number of amides is 2. The van der Waals surface area contributed by atoms with Gasteiger partial charge in [-0.3, -0.25) is 9.78 Å². The van der Waals surface area contributed by atoms with E-state index in [4.69, 9.17) is 11.6 Å². The number of hydrogen-bond donors (Lipinski definition) is 2. The van der Waals surface area contributed by atoms with Gasteiger partial charge in [-0.1, -0.05) is 11.6 Å². The molecule has 194 valence electrons. The molecular weight excluding hydrogens is 514 g/mol. The second-order valence-electron chi connectivity index (χ2n) is 9.25. The molecule has 0 aliphatic carbocycles.